The van der Waals surface area contributed by atoms with Crippen LogP contribution in [0.3, 0.4) is 0 Å². The Bertz CT molecular complexity index is 486. The quantitative estimate of drug-likeness (QED) is 0.843. The van der Waals surface area contributed by atoms with Gasteiger partial charge in [0.2, 0.25) is 0 Å². The summed E-state index contributed by atoms with van der Waals surface area (Å²) >= 11 is 0. The van der Waals surface area contributed by atoms with Crippen molar-refractivity contribution in [3.05, 3.63) is 35.9 Å². The van der Waals surface area contributed by atoms with Crippen LogP contribution in [-0.4, -0.2) is 41.6 Å². The zero-order valence-electron chi connectivity index (χ0n) is 12.3. The summed E-state index contributed by atoms with van der Waals surface area (Å²) in [6.45, 7) is 0.698. The van der Waals surface area contributed by atoms with Gasteiger partial charge in [0.1, 0.15) is 6.04 Å². The van der Waals surface area contributed by atoms with E-state index in [1.165, 1.54) is 6.42 Å². The largest absolute Gasteiger partial charge is 0.480 e. The molecule has 1 aliphatic rings. The maximum Gasteiger partial charge on any atom is 0.326 e. The Kier molecular flexibility index (Phi) is 5.20. The number of nitrogens with one attached hydrogen (secondary N) is 1. The summed E-state index contributed by atoms with van der Waals surface area (Å²) < 4.78 is 0. The number of aliphatic carboxylic acids is 1. The first-order valence-corrected chi connectivity index (χ1v) is 7.34. The predicted molar refractivity (Wildman–Crippen MR) is 80.1 cm³/mol. The number of rotatable bonds is 6. The van der Waals surface area contributed by atoms with Crippen molar-refractivity contribution >= 4 is 12.0 Å². The molecule has 1 aliphatic carbocycles. The third-order valence-corrected chi connectivity index (χ3v) is 3.98. The molecule has 1 aromatic carbocycles. The summed E-state index contributed by atoms with van der Waals surface area (Å²) in [6.07, 6.45) is 3.83. The van der Waals surface area contributed by atoms with E-state index in [0.717, 1.165) is 18.4 Å². The normalized spacial score (nSPS) is 15.9. The van der Waals surface area contributed by atoms with E-state index >= 15 is 0 Å². The van der Waals surface area contributed by atoms with Gasteiger partial charge in [-0.15, -0.1) is 0 Å². The van der Waals surface area contributed by atoms with Gasteiger partial charge in [-0.3, -0.25) is 0 Å². The lowest BCUT2D eigenvalue weighted by Crippen LogP contribution is -2.49. The smallest absolute Gasteiger partial charge is 0.326 e. The Morgan fingerprint density at radius 3 is 2.52 bits per heavy atom. The van der Waals surface area contributed by atoms with Crippen LogP contribution in [0, 0.1) is 5.92 Å². The third kappa shape index (κ3) is 4.48. The molecule has 5 nitrogen and oxygen atoms in total. The van der Waals surface area contributed by atoms with Crippen LogP contribution >= 0.6 is 0 Å². The number of carbonyl (C=O) groups excluding carboxylic acids is 1. The van der Waals surface area contributed by atoms with Crippen molar-refractivity contribution in [2.75, 3.05) is 13.6 Å². The van der Waals surface area contributed by atoms with E-state index < -0.39 is 12.0 Å². The van der Waals surface area contributed by atoms with Gasteiger partial charge in [0, 0.05) is 20.0 Å². The molecule has 1 saturated carbocycles. The number of benzene rings is 1. The predicted octanol–water partition coefficient (Wildman–Crippen LogP) is 2.12. The van der Waals surface area contributed by atoms with Crippen molar-refractivity contribution < 1.29 is 14.7 Å². The first-order chi connectivity index (χ1) is 10.1. The minimum absolute atomic E-state index is 0.291. The molecule has 21 heavy (non-hydrogen) atoms. The Morgan fingerprint density at radius 2 is 2.00 bits per heavy atom. The summed E-state index contributed by atoms with van der Waals surface area (Å²) in [7, 11) is 1.72. The van der Waals surface area contributed by atoms with Gasteiger partial charge in [0.05, 0.1) is 0 Å². The molecular weight excluding hydrogens is 268 g/mol. The summed E-state index contributed by atoms with van der Waals surface area (Å²) in [4.78, 5) is 25.0. The average molecular weight is 290 g/mol. The lowest BCUT2D eigenvalue weighted by molar-refractivity contribution is -0.139. The highest BCUT2D eigenvalue weighted by molar-refractivity contribution is 5.82. The van der Waals surface area contributed by atoms with Gasteiger partial charge in [0.15, 0.2) is 0 Å². The summed E-state index contributed by atoms with van der Waals surface area (Å²) in [6, 6.07) is 8.11. The Morgan fingerprint density at radius 1 is 1.33 bits per heavy atom. The van der Waals surface area contributed by atoms with Gasteiger partial charge >= 0.3 is 12.0 Å². The van der Waals surface area contributed by atoms with Crippen molar-refractivity contribution in [3.63, 3.8) is 0 Å². The molecule has 0 heterocycles. The van der Waals surface area contributed by atoms with Crippen LogP contribution in [0.1, 0.15) is 24.8 Å². The number of urea groups is 1. The number of carboxylic acid groups (broad SMARTS) is 1. The molecule has 0 aromatic heterocycles. The minimum atomic E-state index is -1.01. The van der Waals surface area contributed by atoms with E-state index in [4.69, 9.17) is 0 Å². The maximum atomic E-state index is 12.1. The molecule has 2 N–H and O–H groups in total. The van der Waals surface area contributed by atoms with Crippen molar-refractivity contribution in [1.29, 1.82) is 0 Å². The molecule has 1 fully saturated rings. The highest BCUT2D eigenvalue weighted by Gasteiger charge is 2.25. The zero-order chi connectivity index (χ0) is 15.2. The molecule has 114 valence electrons. The van der Waals surface area contributed by atoms with Gasteiger partial charge in [0.25, 0.3) is 0 Å². The fourth-order valence-electron chi connectivity index (χ4n) is 2.45. The summed E-state index contributed by atoms with van der Waals surface area (Å²) in [5.74, 6) is -0.442. The van der Waals surface area contributed by atoms with Gasteiger partial charge in [-0.1, -0.05) is 36.8 Å². The highest BCUT2D eigenvalue weighted by Crippen LogP contribution is 2.26. The number of nitrogens with zero attached hydrogens (tertiary/aromatic N) is 1. The zero-order valence-corrected chi connectivity index (χ0v) is 12.3. The summed E-state index contributed by atoms with van der Waals surface area (Å²) in [5.41, 5.74) is 0.895. The van der Waals surface area contributed by atoms with Crippen LogP contribution in [0.2, 0.25) is 0 Å². The number of hydrogen-bond donors (Lipinski definition) is 2. The molecule has 0 saturated heterocycles. The van der Waals surface area contributed by atoms with Gasteiger partial charge < -0.3 is 15.3 Å². The number of hydrogen-bond acceptors (Lipinski definition) is 2. The van der Waals surface area contributed by atoms with Crippen molar-refractivity contribution in [1.82, 2.24) is 10.2 Å². The van der Waals surface area contributed by atoms with E-state index in [1.807, 2.05) is 30.3 Å². The minimum Gasteiger partial charge on any atom is -0.480 e. The van der Waals surface area contributed by atoms with Crippen molar-refractivity contribution in [3.8, 4) is 0 Å². The molecule has 0 aliphatic heterocycles. The standard InChI is InChI=1S/C16H22N2O3/c1-18(11-13-8-5-9-13)16(21)17-14(15(19)20)10-12-6-3-2-4-7-12/h2-4,6-7,13-14H,5,8-11H2,1H3,(H,17,21)(H,19,20). The number of amides is 2. The van der Waals surface area contributed by atoms with Gasteiger partial charge in [-0.25, -0.2) is 9.59 Å². The molecule has 5 heteroatoms. The highest BCUT2D eigenvalue weighted by atomic mass is 16.4. The lowest BCUT2D eigenvalue weighted by Gasteiger charge is -2.30. The second-order valence-electron chi connectivity index (χ2n) is 5.71. The molecule has 2 amide bonds. The fourth-order valence-corrected chi connectivity index (χ4v) is 2.45. The van der Waals surface area contributed by atoms with Crippen LogP contribution in [0.4, 0.5) is 4.79 Å². The Balaban J connectivity index is 1.89. The van der Waals surface area contributed by atoms with E-state index in [0.29, 0.717) is 18.9 Å². The number of carbonyl (C=O) groups is 2. The van der Waals surface area contributed by atoms with Crippen LogP contribution in [0.15, 0.2) is 30.3 Å². The van der Waals surface area contributed by atoms with Crippen molar-refractivity contribution in [2.24, 2.45) is 5.92 Å². The summed E-state index contributed by atoms with van der Waals surface area (Å²) in [5, 5.41) is 11.9. The molecule has 1 aromatic rings. The van der Waals surface area contributed by atoms with Crippen LogP contribution < -0.4 is 5.32 Å². The topological polar surface area (TPSA) is 69.6 Å². The molecule has 1 atom stereocenters. The molecule has 1 unspecified atom stereocenters. The monoisotopic (exact) mass is 290 g/mol. The maximum absolute atomic E-state index is 12.1. The second-order valence-corrected chi connectivity index (χ2v) is 5.71. The lowest BCUT2D eigenvalue weighted by atomic mass is 9.85. The van der Waals surface area contributed by atoms with E-state index in [1.54, 1.807) is 11.9 Å². The van der Waals surface area contributed by atoms with Crippen LogP contribution in [-0.2, 0) is 11.2 Å². The first kappa shape index (κ1) is 15.4. The average Bonchev–Trinajstić information content (AvgIpc) is 2.42. The van der Waals surface area contributed by atoms with E-state index in [-0.39, 0.29) is 6.03 Å². The Labute approximate surface area is 125 Å². The van der Waals surface area contributed by atoms with Crippen LogP contribution in [0.5, 0.6) is 0 Å². The number of carboxylic acids is 1. The van der Waals surface area contributed by atoms with E-state index in [2.05, 4.69) is 5.32 Å². The second kappa shape index (κ2) is 7.11. The molecule has 2 rings (SSSR count). The van der Waals surface area contributed by atoms with Gasteiger partial charge in [-0.05, 0) is 24.3 Å². The molecule has 0 bridgehead atoms. The third-order valence-electron chi connectivity index (χ3n) is 3.98. The van der Waals surface area contributed by atoms with Gasteiger partial charge in [-0.2, -0.15) is 0 Å². The SMILES string of the molecule is CN(CC1CCC1)C(=O)NC(Cc1ccccc1)C(=O)O. The van der Waals surface area contributed by atoms with Crippen LogP contribution in [0.25, 0.3) is 0 Å². The fraction of sp³-hybridized carbons (Fsp3) is 0.500. The Hall–Kier alpha value is -2.04. The first-order valence-electron chi connectivity index (χ1n) is 7.34. The van der Waals surface area contributed by atoms with E-state index in [9.17, 15) is 14.7 Å². The van der Waals surface area contributed by atoms with Crippen molar-refractivity contribution in [2.45, 2.75) is 31.7 Å². The molecular formula is C16H22N2O3. The molecule has 0 radical (unpaired) electrons. The molecule has 0 spiro atoms.